The molecule has 0 atom stereocenters. The van der Waals surface area contributed by atoms with Crippen molar-refractivity contribution in [3.05, 3.63) is 78.0 Å². The maximum Gasteiger partial charge on any atom is 0.132 e. The third-order valence-corrected chi connectivity index (χ3v) is 3.48. The average Bonchev–Trinajstić information content (AvgIpc) is 2.55. The highest BCUT2D eigenvalue weighted by molar-refractivity contribution is 5.83. The molecule has 1 heterocycles. The number of aliphatic hydroxyl groups excluding tert-OH is 1. The van der Waals surface area contributed by atoms with Crippen LogP contribution >= 0.6 is 0 Å². The van der Waals surface area contributed by atoms with E-state index in [4.69, 9.17) is 0 Å². The van der Waals surface area contributed by atoms with Gasteiger partial charge in [0.2, 0.25) is 0 Å². The van der Waals surface area contributed by atoms with Crippen LogP contribution in [0, 0.1) is 11.6 Å². The molecule has 2 aromatic carbocycles. The van der Waals surface area contributed by atoms with E-state index in [0.717, 1.165) is 0 Å². The molecule has 110 valence electrons. The normalized spacial score (nSPS) is 10.7. The summed E-state index contributed by atoms with van der Waals surface area (Å²) in [5.41, 5.74) is 1.79. The van der Waals surface area contributed by atoms with Crippen LogP contribution in [0.4, 0.5) is 8.78 Å². The monoisotopic (exact) mass is 297 g/mol. The lowest BCUT2D eigenvalue weighted by atomic mass is 9.94. The van der Waals surface area contributed by atoms with Crippen LogP contribution in [0.1, 0.15) is 5.56 Å². The maximum absolute atomic E-state index is 14.2. The van der Waals surface area contributed by atoms with Gasteiger partial charge in [0, 0.05) is 22.9 Å². The van der Waals surface area contributed by atoms with Gasteiger partial charge in [-0.1, -0.05) is 30.3 Å². The first-order valence-corrected chi connectivity index (χ1v) is 6.81. The molecule has 1 N–H and O–H groups in total. The predicted octanol–water partition coefficient (Wildman–Crippen LogP) is 4.19. The van der Waals surface area contributed by atoms with Crippen molar-refractivity contribution in [1.82, 2.24) is 4.98 Å². The summed E-state index contributed by atoms with van der Waals surface area (Å²) in [6.45, 7) is -0.284. The second kappa shape index (κ2) is 6.03. The highest BCUT2D eigenvalue weighted by Gasteiger charge is 2.18. The van der Waals surface area contributed by atoms with Gasteiger partial charge in [-0.05, 0) is 29.8 Å². The maximum atomic E-state index is 14.2. The Morgan fingerprint density at radius 3 is 2.00 bits per heavy atom. The minimum atomic E-state index is -0.442. The lowest BCUT2D eigenvalue weighted by molar-refractivity contribution is 0.282. The van der Waals surface area contributed by atoms with Crippen molar-refractivity contribution in [3.63, 3.8) is 0 Å². The number of rotatable bonds is 3. The summed E-state index contributed by atoms with van der Waals surface area (Å²) in [5.74, 6) is -0.884. The Kier molecular flexibility index (Phi) is 3.94. The summed E-state index contributed by atoms with van der Waals surface area (Å²) in [6, 6.07) is 14.0. The molecule has 0 spiro atoms. The van der Waals surface area contributed by atoms with Crippen molar-refractivity contribution in [2.24, 2.45) is 0 Å². The van der Waals surface area contributed by atoms with Gasteiger partial charge >= 0.3 is 0 Å². The summed E-state index contributed by atoms with van der Waals surface area (Å²) < 4.78 is 28.3. The van der Waals surface area contributed by atoms with E-state index in [2.05, 4.69) is 4.98 Å². The second-order valence-electron chi connectivity index (χ2n) is 4.81. The van der Waals surface area contributed by atoms with Gasteiger partial charge < -0.3 is 5.11 Å². The summed E-state index contributed by atoms with van der Waals surface area (Å²) in [4.78, 5) is 4.22. The summed E-state index contributed by atoms with van der Waals surface area (Å²) in [5, 5.41) is 9.57. The van der Waals surface area contributed by atoms with Crippen LogP contribution in [0.15, 0.2) is 60.8 Å². The van der Waals surface area contributed by atoms with E-state index in [1.165, 1.54) is 18.3 Å². The number of aromatic nitrogens is 1. The van der Waals surface area contributed by atoms with E-state index in [1.54, 1.807) is 42.5 Å². The van der Waals surface area contributed by atoms with Crippen LogP contribution in [0.3, 0.4) is 0 Å². The highest BCUT2D eigenvalue weighted by Crippen LogP contribution is 2.35. The Bertz CT molecular complexity index is 818. The Morgan fingerprint density at radius 1 is 0.818 bits per heavy atom. The zero-order chi connectivity index (χ0) is 15.5. The highest BCUT2D eigenvalue weighted by atomic mass is 19.1. The number of hydrogen-bond acceptors (Lipinski definition) is 2. The minimum absolute atomic E-state index is 0.274. The van der Waals surface area contributed by atoms with Gasteiger partial charge in [-0.15, -0.1) is 0 Å². The quantitative estimate of drug-likeness (QED) is 0.786. The largest absolute Gasteiger partial charge is 0.392 e. The van der Waals surface area contributed by atoms with Gasteiger partial charge in [-0.3, -0.25) is 4.98 Å². The molecule has 3 rings (SSSR count). The zero-order valence-electron chi connectivity index (χ0n) is 11.6. The third kappa shape index (κ3) is 2.49. The molecule has 0 radical (unpaired) electrons. The fraction of sp³-hybridized carbons (Fsp3) is 0.0556. The van der Waals surface area contributed by atoms with Crippen LogP contribution < -0.4 is 0 Å². The number of nitrogens with zero attached hydrogens (tertiary/aromatic N) is 1. The zero-order valence-corrected chi connectivity index (χ0v) is 11.6. The van der Waals surface area contributed by atoms with Crippen molar-refractivity contribution < 1.29 is 13.9 Å². The first-order valence-electron chi connectivity index (χ1n) is 6.81. The van der Waals surface area contributed by atoms with Gasteiger partial charge in [0.1, 0.15) is 11.6 Å². The Hall–Kier alpha value is -2.59. The molecule has 0 amide bonds. The molecule has 0 saturated carbocycles. The smallest absolute Gasteiger partial charge is 0.132 e. The van der Waals surface area contributed by atoms with Crippen molar-refractivity contribution in [3.8, 4) is 22.4 Å². The molecule has 22 heavy (non-hydrogen) atoms. The molecule has 0 aliphatic heterocycles. The van der Waals surface area contributed by atoms with Gasteiger partial charge in [0.15, 0.2) is 0 Å². The molecule has 0 aliphatic carbocycles. The minimum Gasteiger partial charge on any atom is -0.392 e. The number of benzene rings is 2. The predicted molar refractivity (Wildman–Crippen MR) is 80.9 cm³/mol. The molecule has 0 aliphatic rings. The standard InChI is InChI=1S/C18H13F2NO/c19-15-7-3-1-5-13(15)17-12(11-22)9-10-21-18(17)14-6-2-4-8-16(14)20/h1-10,22H,11H2. The molecular weight excluding hydrogens is 284 g/mol. The Morgan fingerprint density at radius 2 is 1.41 bits per heavy atom. The first-order chi connectivity index (χ1) is 10.7. The Balaban J connectivity index is 2.34. The van der Waals surface area contributed by atoms with Gasteiger partial charge in [0.25, 0.3) is 0 Å². The number of halogens is 2. The van der Waals surface area contributed by atoms with Crippen LogP contribution in [-0.4, -0.2) is 10.1 Å². The number of pyridine rings is 1. The molecule has 0 saturated heterocycles. The van der Waals surface area contributed by atoms with E-state index >= 15 is 0 Å². The number of aliphatic hydroxyl groups is 1. The third-order valence-electron chi connectivity index (χ3n) is 3.48. The Labute approximate surface area is 126 Å². The van der Waals surface area contributed by atoms with Crippen molar-refractivity contribution in [2.75, 3.05) is 0 Å². The molecule has 4 heteroatoms. The van der Waals surface area contributed by atoms with E-state index < -0.39 is 11.6 Å². The van der Waals surface area contributed by atoms with Crippen molar-refractivity contribution >= 4 is 0 Å². The van der Waals surface area contributed by atoms with Crippen molar-refractivity contribution in [2.45, 2.75) is 6.61 Å². The number of hydrogen-bond donors (Lipinski definition) is 1. The van der Waals surface area contributed by atoms with Gasteiger partial charge in [-0.25, -0.2) is 8.78 Å². The summed E-state index contributed by atoms with van der Waals surface area (Å²) in [7, 11) is 0. The molecular formula is C18H13F2NO. The van der Waals surface area contributed by atoms with Gasteiger partial charge in [-0.2, -0.15) is 0 Å². The molecule has 0 bridgehead atoms. The van der Waals surface area contributed by atoms with Crippen LogP contribution in [0.25, 0.3) is 22.4 Å². The molecule has 0 fully saturated rings. The van der Waals surface area contributed by atoms with Crippen molar-refractivity contribution in [1.29, 1.82) is 0 Å². The first kappa shape index (κ1) is 14.4. The summed E-state index contributed by atoms with van der Waals surface area (Å²) >= 11 is 0. The molecule has 0 unspecified atom stereocenters. The van der Waals surface area contributed by atoms with E-state index in [9.17, 15) is 13.9 Å². The molecule has 1 aromatic heterocycles. The lowest BCUT2D eigenvalue weighted by Gasteiger charge is -2.14. The molecule has 3 aromatic rings. The SMILES string of the molecule is OCc1ccnc(-c2ccccc2F)c1-c1ccccc1F. The average molecular weight is 297 g/mol. The van der Waals surface area contributed by atoms with E-state index in [1.807, 2.05) is 0 Å². The van der Waals surface area contributed by atoms with Gasteiger partial charge in [0.05, 0.1) is 12.3 Å². The summed E-state index contributed by atoms with van der Waals surface area (Å²) in [6.07, 6.45) is 1.48. The van der Waals surface area contributed by atoms with Crippen LogP contribution in [0.5, 0.6) is 0 Å². The lowest BCUT2D eigenvalue weighted by Crippen LogP contribution is -1.99. The molecule has 2 nitrogen and oxygen atoms in total. The second-order valence-corrected chi connectivity index (χ2v) is 4.81. The fourth-order valence-electron chi connectivity index (χ4n) is 2.46. The topological polar surface area (TPSA) is 33.1 Å². The van der Waals surface area contributed by atoms with Crippen LogP contribution in [-0.2, 0) is 6.61 Å². The van der Waals surface area contributed by atoms with E-state index in [-0.39, 0.29) is 17.7 Å². The fourth-order valence-corrected chi connectivity index (χ4v) is 2.46. The van der Waals surface area contributed by atoms with E-state index in [0.29, 0.717) is 16.8 Å². The van der Waals surface area contributed by atoms with Crippen LogP contribution in [0.2, 0.25) is 0 Å².